The van der Waals surface area contributed by atoms with Crippen LogP contribution in [0.25, 0.3) is 0 Å². The zero-order valence-electron chi connectivity index (χ0n) is 6.55. The molecule has 1 fully saturated rings. The van der Waals surface area contributed by atoms with Crippen molar-refractivity contribution in [2.45, 2.75) is 25.3 Å². The summed E-state index contributed by atoms with van der Waals surface area (Å²) >= 11 is 0. The quantitative estimate of drug-likeness (QED) is 0.318. The smallest absolute Gasteiger partial charge is 0.0224 e. The lowest BCUT2D eigenvalue weighted by Gasteiger charge is -1.98. The first kappa shape index (κ1) is 7.80. The van der Waals surface area contributed by atoms with Gasteiger partial charge in [-0.2, -0.15) is 0 Å². The van der Waals surface area contributed by atoms with Crippen molar-refractivity contribution in [1.82, 2.24) is 4.90 Å². The molecule has 1 rings (SSSR count). The zero-order chi connectivity index (χ0) is 7.40. The molecule has 2 atom stereocenters. The Kier molecular flexibility index (Phi) is 2.94. The molecule has 1 heterocycles. The van der Waals surface area contributed by atoms with Gasteiger partial charge in [0.1, 0.15) is 0 Å². The third-order valence-electron chi connectivity index (χ3n) is 1.93. The fourth-order valence-corrected chi connectivity index (χ4v) is 1.10. The number of rotatable bonds is 5. The van der Waals surface area contributed by atoms with Gasteiger partial charge in [0.15, 0.2) is 0 Å². The third-order valence-corrected chi connectivity index (χ3v) is 1.93. The van der Waals surface area contributed by atoms with Crippen LogP contribution >= 0.6 is 0 Å². The lowest BCUT2D eigenvalue weighted by molar-refractivity contribution is 0.501. The Hall–Kier alpha value is -0.300. The van der Waals surface area contributed by atoms with Crippen molar-refractivity contribution in [3.05, 3.63) is 19.6 Å². The molecule has 0 saturated carbocycles. The SMILES string of the molecule is [CH2]C1CN1CCCCC=C. The second kappa shape index (κ2) is 3.77. The lowest BCUT2D eigenvalue weighted by Crippen LogP contribution is -2.01. The van der Waals surface area contributed by atoms with Crippen LogP contribution in [-0.4, -0.2) is 24.0 Å². The average molecular weight is 138 g/mol. The molecule has 0 bridgehead atoms. The number of allylic oxidation sites excluding steroid dienone is 1. The van der Waals surface area contributed by atoms with Crippen LogP contribution in [0.15, 0.2) is 12.7 Å². The van der Waals surface area contributed by atoms with E-state index in [1.54, 1.807) is 0 Å². The van der Waals surface area contributed by atoms with Gasteiger partial charge in [0.25, 0.3) is 0 Å². The van der Waals surface area contributed by atoms with E-state index in [4.69, 9.17) is 0 Å². The van der Waals surface area contributed by atoms with Crippen LogP contribution in [0.3, 0.4) is 0 Å². The Labute approximate surface area is 63.7 Å². The number of unbranched alkanes of at least 4 members (excludes halogenated alkanes) is 2. The maximum Gasteiger partial charge on any atom is 0.0224 e. The van der Waals surface area contributed by atoms with E-state index in [9.17, 15) is 0 Å². The van der Waals surface area contributed by atoms with Crippen LogP contribution in [0.2, 0.25) is 0 Å². The van der Waals surface area contributed by atoms with Gasteiger partial charge in [-0.05, 0) is 32.7 Å². The molecular weight excluding hydrogens is 122 g/mol. The maximum absolute atomic E-state index is 3.94. The van der Waals surface area contributed by atoms with Crippen LogP contribution in [0.4, 0.5) is 0 Å². The second-order valence-corrected chi connectivity index (χ2v) is 2.93. The summed E-state index contributed by atoms with van der Waals surface area (Å²) in [6.07, 6.45) is 5.74. The van der Waals surface area contributed by atoms with E-state index < -0.39 is 0 Å². The van der Waals surface area contributed by atoms with E-state index in [0.717, 1.165) is 6.42 Å². The molecule has 57 valence electrons. The van der Waals surface area contributed by atoms with Crippen molar-refractivity contribution in [2.75, 3.05) is 13.1 Å². The fourth-order valence-electron chi connectivity index (χ4n) is 1.10. The van der Waals surface area contributed by atoms with E-state index in [-0.39, 0.29) is 0 Å². The van der Waals surface area contributed by atoms with Gasteiger partial charge in [-0.25, -0.2) is 0 Å². The molecule has 1 aliphatic heterocycles. The Balaban J connectivity index is 1.82. The highest BCUT2D eigenvalue weighted by Gasteiger charge is 2.27. The summed E-state index contributed by atoms with van der Waals surface area (Å²) in [5.41, 5.74) is 0. The van der Waals surface area contributed by atoms with Crippen LogP contribution in [0.5, 0.6) is 0 Å². The molecule has 0 amide bonds. The lowest BCUT2D eigenvalue weighted by atomic mass is 10.2. The van der Waals surface area contributed by atoms with Gasteiger partial charge in [0.05, 0.1) is 0 Å². The summed E-state index contributed by atoms with van der Waals surface area (Å²) in [4.78, 5) is 2.39. The highest BCUT2D eigenvalue weighted by molar-refractivity contribution is 4.90. The van der Waals surface area contributed by atoms with Crippen molar-refractivity contribution in [3.63, 3.8) is 0 Å². The highest BCUT2D eigenvalue weighted by atomic mass is 15.3. The summed E-state index contributed by atoms with van der Waals surface area (Å²) in [5, 5.41) is 0. The molecule has 1 nitrogen and oxygen atoms in total. The summed E-state index contributed by atoms with van der Waals surface area (Å²) < 4.78 is 0. The molecule has 0 aromatic rings. The normalized spacial score (nSPS) is 30.1. The molecule has 1 saturated heterocycles. The molecule has 1 heteroatoms. The first-order chi connectivity index (χ1) is 4.84. The molecule has 2 unspecified atom stereocenters. The Morgan fingerprint density at radius 2 is 2.20 bits per heavy atom. The topological polar surface area (TPSA) is 3.01 Å². The van der Waals surface area contributed by atoms with Gasteiger partial charge in [0, 0.05) is 12.6 Å². The van der Waals surface area contributed by atoms with Crippen LogP contribution in [-0.2, 0) is 0 Å². The van der Waals surface area contributed by atoms with Gasteiger partial charge in [-0.1, -0.05) is 6.08 Å². The molecule has 0 aromatic heterocycles. The standard InChI is InChI=1S/C9H16N/c1-3-4-5-6-7-10-8-9(10)2/h3,9H,1-2,4-8H2. The maximum atomic E-state index is 3.94. The zero-order valence-corrected chi connectivity index (χ0v) is 6.55. The third kappa shape index (κ3) is 2.53. The molecule has 1 aliphatic rings. The van der Waals surface area contributed by atoms with E-state index in [2.05, 4.69) is 18.4 Å². The minimum absolute atomic E-state index is 0.628. The van der Waals surface area contributed by atoms with E-state index in [0.29, 0.717) is 6.04 Å². The summed E-state index contributed by atoms with van der Waals surface area (Å²) in [5.74, 6) is 0. The van der Waals surface area contributed by atoms with E-state index >= 15 is 0 Å². The Morgan fingerprint density at radius 3 is 2.70 bits per heavy atom. The van der Waals surface area contributed by atoms with Gasteiger partial charge in [0.2, 0.25) is 0 Å². The largest absolute Gasteiger partial charge is 0.298 e. The summed E-state index contributed by atoms with van der Waals surface area (Å²) in [6.45, 7) is 10.1. The predicted octanol–water partition coefficient (Wildman–Crippen LogP) is 1.86. The van der Waals surface area contributed by atoms with Crippen LogP contribution < -0.4 is 0 Å². The molecule has 10 heavy (non-hydrogen) atoms. The van der Waals surface area contributed by atoms with Crippen molar-refractivity contribution in [1.29, 1.82) is 0 Å². The molecule has 0 spiro atoms. The minimum Gasteiger partial charge on any atom is -0.298 e. The van der Waals surface area contributed by atoms with Crippen molar-refractivity contribution >= 4 is 0 Å². The highest BCUT2D eigenvalue weighted by Crippen LogP contribution is 2.16. The van der Waals surface area contributed by atoms with E-state index in [1.165, 1.54) is 25.9 Å². The second-order valence-electron chi connectivity index (χ2n) is 2.93. The summed E-state index contributed by atoms with van der Waals surface area (Å²) in [6, 6.07) is 0.628. The van der Waals surface area contributed by atoms with Gasteiger partial charge in [-0.3, -0.25) is 4.90 Å². The fraction of sp³-hybridized carbons (Fsp3) is 0.667. The van der Waals surface area contributed by atoms with Gasteiger partial charge >= 0.3 is 0 Å². The molecule has 0 N–H and O–H groups in total. The minimum atomic E-state index is 0.628. The number of hydrogen-bond donors (Lipinski definition) is 0. The molecule has 0 aliphatic carbocycles. The monoisotopic (exact) mass is 138 g/mol. The summed E-state index contributed by atoms with van der Waals surface area (Å²) in [7, 11) is 0. The van der Waals surface area contributed by atoms with Crippen molar-refractivity contribution in [2.24, 2.45) is 0 Å². The average Bonchev–Trinajstić information content (AvgIpc) is 2.60. The van der Waals surface area contributed by atoms with E-state index in [1.807, 2.05) is 6.08 Å². The van der Waals surface area contributed by atoms with Crippen molar-refractivity contribution < 1.29 is 0 Å². The number of nitrogens with zero attached hydrogens (tertiary/aromatic N) is 1. The van der Waals surface area contributed by atoms with Gasteiger partial charge in [-0.15, -0.1) is 6.58 Å². The molecular formula is C9H16N. The predicted molar refractivity (Wildman–Crippen MR) is 44.8 cm³/mol. The van der Waals surface area contributed by atoms with Crippen LogP contribution in [0.1, 0.15) is 19.3 Å². The van der Waals surface area contributed by atoms with Gasteiger partial charge < -0.3 is 0 Å². The number of hydrogen-bond acceptors (Lipinski definition) is 1. The Morgan fingerprint density at radius 1 is 1.50 bits per heavy atom. The van der Waals surface area contributed by atoms with Crippen molar-refractivity contribution in [3.8, 4) is 0 Å². The first-order valence-corrected chi connectivity index (χ1v) is 4.02. The van der Waals surface area contributed by atoms with Crippen LogP contribution in [0, 0.1) is 6.92 Å². The Bertz CT molecular complexity index is 109. The molecule has 0 aromatic carbocycles. The molecule has 1 radical (unpaired) electrons. The first-order valence-electron chi connectivity index (χ1n) is 4.02.